The first-order valence-electron chi connectivity index (χ1n) is 6.57. The molecule has 0 aromatic heterocycles. The van der Waals surface area contributed by atoms with Crippen molar-refractivity contribution in [1.29, 1.82) is 0 Å². The number of benzene rings is 1. The minimum absolute atomic E-state index is 0.0882. The summed E-state index contributed by atoms with van der Waals surface area (Å²) in [5, 5.41) is 10.8. The van der Waals surface area contributed by atoms with Crippen LogP contribution in [0.2, 0.25) is 0 Å². The number of methoxy groups -OCH3 is 2. The number of hydrogen-bond acceptors (Lipinski definition) is 6. The number of carbonyl (C=O) groups is 1. The molecule has 2 atom stereocenters. The maximum absolute atomic E-state index is 11.8. The van der Waals surface area contributed by atoms with Gasteiger partial charge in [-0.3, -0.25) is 14.9 Å². The molecule has 0 spiro atoms. The second-order valence-corrected chi connectivity index (χ2v) is 4.97. The van der Waals surface area contributed by atoms with Crippen molar-refractivity contribution in [2.45, 2.75) is 19.1 Å². The Morgan fingerprint density at radius 3 is 2.29 bits per heavy atom. The van der Waals surface area contributed by atoms with E-state index in [4.69, 9.17) is 9.47 Å². The SMILES string of the molecule is COC1CN(c2ccc([N+](=O)[O-])cc2C(C)=O)CC1OC. The van der Waals surface area contributed by atoms with Gasteiger partial charge < -0.3 is 14.4 Å². The molecular formula is C14H18N2O5. The van der Waals surface area contributed by atoms with E-state index in [0.717, 1.165) is 0 Å². The summed E-state index contributed by atoms with van der Waals surface area (Å²) in [6.07, 6.45) is -0.185. The van der Waals surface area contributed by atoms with Crippen LogP contribution in [0.5, 0.6) is 0 Å². The van der Waals surface area contributed by atoms with E-state index >= 15 is 0 Å². The van der Waals surface area contributed by atoms with Crippen LogP contribution in [0, 0.1) is 10.1 Å². The molecule has 1 heterocycles. The molecule has 1 saturated heterocycles. The highest BCUT2D eigenvalue weighted by Gasteiger charge is 2.34. The van der Waals surface area contributed by atoms with E-state index in [1.54, 1.807) is 20.3 Å². The second kappa shape index (κ2) is 6.19. The average Bonchev–Trinajstić information content (AvgIpc) is 2.89. The number of non-ortho nitro benzene ring substituents is 1. The van der Waals surface area contributed by atoms with Gasteiger partial charge >= 0.3 is 0 Å². The maximum Gasteiger partial charge on any atom is 0.270 e. The van der Waals surface area contributed by atoms with Gasteiger partial charge in [0, 0.05) is 50.7 Å². The molecule has 2 rings (SSSR count). The molecule has 7 nitrogen and oxygen atoms in total. The number of hydrogen-bond donors (Lipinski definition) is 0. The number of carbonyl (C=O) groups excluding carboxylic acids is 1. The summed E-state index contributed by atoms with van der Waals surface area (Å²) in [4.78, 5) is 24.1. The zero-order valence-electron chi connectivity index (χ0n) is 12.2. The van der Waals surface area contributed by atoms with Gasteiger partial charge in [-0.25, -0.2) is 0 Å². The second-order valence-electron chi connectivity index (χ2n) is 4.97. The predicted octanol–water partition coefficient (Wildman–Crippen LogP) is 1.65. The lowest BCUT2D eigenvalue weighted by Gasteiger charge is -2.20. The van der Waals surface area contributed by atoms with Crippen LogP contribution in [0.3, 0.4) is 0 Å². The van der Waals surface area contributed by atoms with Crippen molar-refractivity contribution in [3.05, 3.63) is 33.9 Å². The van der Waals surface area contributed by atoms with Crippen molar-refractivity contribution in [3.8, 4) is 0 Å². The molecule has 0 aliphatic carbocycles. The van der Waals surface area contributed by atoms with Crippen molar-refractivity contribution in [1.82, 2.24) is 0 Å². The fourth-order valence-electron chi connectivity index (χ4n) is 2.59. The lowest BCUT2D eigenvalue weighted by Crippen LogP contribution is -2.27. The van der Waals surface area contributed by atoms with Crippen molar-refractivity contribution < 1.29 is 19.2 Å². The van der Waals surface area contributed by atoms with Gasteiger partial charge in [0.2, 0.25) is 0 Å². The molecule has 0 bridgehead atoms. The van der Waals surface area contributed by atoms with Crippen LogP contribution in [0.25, 0.3) is 0 Å². The van der Waals surface area contributed by atoms with Crippen LogP contribution in [0.4, 0.5) is 11.4 Å². The molecule has 0 amide bonds. The van der Waals surface area contributed by atoms with Crippen LogP contribution >= 0.6 is 0 Å². The van der Waals surface area contributed by atoms with Gasteiger partial charge in [0.1, 0.15) is 12.2 Å². The topological polar surface area (TPSA) is 81.9 Å². The first-order chi connectivity index (χ1) is 9.97. The Morgan fingerprint density at radius 1 is 1.29 bits per heavy atom. The van der Waals surface area contributed by atoms with E-state index in [2.05, 4.69) is 0 Å². The Kier molecular flexibility index (Phi) is 4.54. The van der Waals surface area contributed by atoms with Crippen LogP contribution in [-0.2, 0) is 9.47 Å². The summed E-state index contributed by atoms with van der Waals surface area (Å²) < 4.78 is 10.7. The van der Waals surface area contributed by atoms with Gasteiger partial charge in [0.25, 0.3) is 5.69 Å². The highest BCUT2D eigenvalue weighted by Crippen LogP contribution is 2.30. The fraction of sp³-hybridized carbons (Fsp3) is 0.500. The number of nitrogens with zero attached hydrogens (tertiary/aromatic N) is 2. The first-order valence-corrected chi connectivity index (χ1v) is 6.57. The molecule has 114 valence electrons. The van der Waals surface area contributed by atoms with E-state index in [9.17, 15) is 14.9 Å². The van der Waals surface area contributed by atoms with Crippen molar-refractivity contribution in [3.63, 3.8) is 0 Å². The lowest BCUT2D eigenvalue weighted by atomic mass is 10.1. The van der Waals surface area contributed by atoms with E-state index < -0.39 is 4.92 Å². The number of ketones is 1. The molecule has 0 N–H and O–H groups in total. The van der Waals surface area contributed by atoms with Crippen LogP contribution in [0.1, 0.15) is 17.3 Å². The summed E-state index contributed by atoms with van der Waals surface area (Å²) >= 11 is 0. The van der Waals surface area contributed by atoms with Crippen molar-refractivity contribution in [2.24, 2.45) is 0 Å². The quantitative estimate of drug-likeness (QED) is 0.466. The zero-order chi connectivity index (χ0) is 15.6. The molecule has 1 aliphatic rings. The van der Waals surface area contributed by atoms with E-state index in [1.165, 1.54) is 19.1 Å². The number of ether oxygens (including phenoxy) is 2. The van der Waals surface area contributed by atoms with Gasteiger partial charge in [-0.15, -0.1) is 0 Å². The van der Waals surface area contributed by atoms with Crippen LogP contribution in [0.15, 0.2) is 18.2 Å². The molecule has 1 fully saturated rings. The number of Topliss-reactive ketones (excluding diaryl/α,β-unsaturated/α-hetero) is 1. The molecule has 0 radical (unpaired) electrons. The van der Waals surface area contributed by atoms with Crippen molar-refractivity contribution >= 4 is 17.2 Å². The minimum atomic E-state index is -0.504. The standard InChI is InChI=1S/C14H18N2O5/c1-9(17)11-6-10(16(18)19)4-5-12(11)15-7-13(20-2)14(8-15)21-3/h4-6,13-14H,7-8H2,1-3H3. The predicted molar refractivity (Wildman–Crippen MR) is 76.9 cm³/mol. The third-order valence-electron chi connectivity index (χ3n) is 3.73. The molecule has 2 unspecified atom stereocenters. The molecule has 0 saturated carbocycles. The average molecular weight is 294 g/mol. The van der Waals surface area contributed by atoms with Gasteiger partial charge in [0.05, 0.1) is 4.92 Å². The van der Waals surface area contributed by atoms with E-state index in [-0.39, 0.29) is 23.7 Å². The molecule has 7 heteroatoms. The molecule has 21 heavy (non-hydrogen) atoms. The highest BCUT2D eigenvalue weighted by atomic mass is 16.6. The van der Waals surface area contributed by atoms with Gasteiger partial charge in [-0.05, 0) is 13.0 Å². The summed E-state index contributed by atoms with van der Waals surface area (Å²) in [6, 6.07) is 4.34. The molecule has 1 aliphatic heterocycles. The van der Waals surface area contributed by atoms with Crippen LogP contribution in [-0.4, -0.2) is 50.2 Å². The largest absolute Gasteiger partial charge is 0.377 e. The fourth-order valence-corrected chi connectivity index (χ4v) is 2.59. The smallest absolute Gasteiger partial charge is 0.270 e. The third-order valence-corrected chi connectivity index (χ3v) is 3.73. The van der Waals surface area contributed by atoms with E-state index in [1.807, 2.05) is 4.90 Å². The Bertz CT molecular complexity index is 548. The van der Waals surface area contributed by atoms with Crippen LogP contribution < -0.4 is 4.90 Å². The molecule has 1 aromatic carbocycles. The Hall–Kier alpha value is -1.99. The summed E-state index contributed by atoms with van der Waals surface area (Å²) in [6.45, 7) is 2.56. The number of anilines is 1. The Morgan fingerprint density at radius 2 is 1.86 bits per heavy atom. The molecule has 1 aromatic rings. The third kappa shape index (κ3) is 3.03. The maximum atomic E-state index is 11.8. The molecular weight excluding hydrogens is 276 g/mol. The summed E-state index contributed by atoms with van der Waals surface area (Å²) in [5.41, 5.74) is 0.931. The Balaban J connectivity index is 2.36. The van der Waals surface area contributed by atoms with Gasteiger partial charge in [0.15, 0.2) is 5.78 Å². The normalized spacial score (nSPS) is 21.6. The highest BCUT2D eigenvalue weighted by molar-refractivity contribution is 6.00. The minimum Gasteiger partial charge on any atom is -0.377 e. The number of nitro groups is 1. The van der Waals surface area contributed by atoms with Crippen molar-refractivity contribution in [2.75, 3.05) is 32.2 Å². The summed E-state index contributed by atoms with van der Waals surface area (Å²) in [5.74, 6) is -0.205. The van der Waals surface area contributed by atoms with Gasteiger partial charge in [-0.2, -0.15) is 0 Å². The summed E-state index contributed by atoms with van der Waals surface area (Å²) in [7, 11) is 3.23. The number of nitro benzene ring substituents is 1. The number of rotatable bonds is 5. The lowest BCUT2D eigenvalue weighted by molar-refractivity contribution is -0.384. The first kappa shape index (κ1) is 15.4. The monoisotopic (exact) mass is 294 g/mol. The Labute approximate surface area is 122 Å². The van der Waals surface area contributed by atoms with E-state index in [0.29, 0.717) is 24.3 Å². The van der Waals surface area contributed by atoms with Gasteiger partial charge in [-0.1, -0.05) is 0 Å². The zero-order valence-corrected chi connectivity index (χ0v) is 12.2.